The Labute approximate surface area is 144 Å². The first kappa shape index (κ1) is 17.0. The summed E-state index contributed by atoms with van der Waals surface area (Å²) in [6.07, 6.45) is 0.845. The second kappa shape index (κ2) is 7.79. The molecule has 1 aliphatic rings. The van der Waals surface area contributed by atoms with Crippen LogP contribution in [0.5, 0.6) is 11.5 Å². The number of carbonyl (C=O) groups is 2. The number of hydrogen-bond acceptors (Lipinski definition) is 4. The molecule has 0 aromatic heterocycles. The zero-order chi connectivity index (χ0) is 17.6. The fourth-order valence-electron chi connectivity index (χ4n) is 2.56. The van der Waals surface area contributed by atoms with E-state index < -0.39 is 5.82 Å². The average molecular weight is 343 g/mol. The third-order valence-electron chi connectivity index (χ3n) is 3.78. The Balaban J connectivity index is 1.48. The predicted molar refractivity (Wildman–Crippen MR) is 90.6 cm³/mol. The smallest absolute Gasteiger partial charge is 0.224 e. The largest absolute Gasteiger partial charge is 0.486 e. The van der Waals surface area contributed by atoms with Gasteiger partial charge in [0.1, 0.15) is 19.0 Å². The summed E-state index contributed by atoms with van der Waals surface area (Å²) >= 11 is 0. The fourth-order valence-corrected chi connectivity index (χ4v) is 2.56. The molecule has 5 nitrogen and oxygen atoms in total. The zero-order valence-electron chi connectivity index (χ0n) is 13.6. The Bertz CT molecular complexity index is 791. The normalized spacial score (nSPS) is 12.5. The molecule has 0 fully saturated rings. The maximum Gasteiger partial charge on any atom is 0.224 e. The number of amides is 1. The molecule has 3 rings (SSSR count). The number of benzene rings is 2. The Kier molecular flexibility index (Phi) is 5.28. The molecule has 0 saturated carbocycles. The summed E-state index contributed by atoms with van der Waals surface area (Å²) in [5.41, 5.74) is 0.943. The molecule has 25 heavy (non-hydrogen) atoms. The van der Waals surface area contributed by atoms with Crippen LogP contribution in [0.3, 0.4) is 0 Å². The van der Waals surface area contributed by atoms with Crippen LogP contribution in [0.15, 0.2) is 42.5 Å². The summed E-state index contributed by atoms with van der Waals surface area (Å²) in [5, 5.41) is 2.61. The highest BCUT2D eigenvalue weighted by atomic mass is 19.1. The molecule has 1 amide bonds. The number of rotatable bonds is 6. The number of anilines is 1. The Morgan fingerprint density at radius 2 is 1.80 bits per heavy atom. The standard InChI is InChI=1S/C19H18FNO4/c20-14-3-1-4-15(12-14)21-19(23)6-2-5-16(22)13-7-8-17-18(11-13)25-10-9-24-17/h1,3-4,7-8,11-12H,2,5-6,9-10H2,(H,21,23). The average Bonchev–Trinajstić information content (AvgIpc) is 2.61. The number of fused-ring (bicyclic) bond motifs is 1. The van der Waals surface area contributed by atoms with Gasteiger partial charge < -0.3 is 14.8 Å². The molecular weight excluding hydrogens is 325 g/mol. The van der Waals surface area contributed by atoms with Crippen LogP contribution in [0.1, 0.15) is 29.6 Å². The van der Waals surface area contributed by atoms with Gasteiger partial charge in [-0.25, -0.2) is 4.39 Å². The molecule has 0 radical (unpaired) electrons. The summed E-state index contributed by atoms with van der Waals surface area (Å²) in [6, 6.07) is 10.8. The van der Waals surface area contributed by atoms with Crippen LogP contribution in [0.4, 0.5) is 10.1 Å². The monoisotopic (exact) mass is 343 g/mol. The van der Waals surface area contributed by atoms with Crippen LogP contribution in [-0.4, -0.2) is 24.9 Å². The minimum atomic E-state index is -0.411. The van der Waals surface area contributed by atoms with Crippen molar-refractivity contribution in [1.29, 1.82) is 0 Å². The lowest BCUT2D eigenvalue weighted by molar-refractivity contribution is -0.116. The van der Waals surface area contributed by atoms with Crippen molar-refractivity contribution >= 4 is 17.4 Å². The van der Waals surface area contributed by atoms with E-state index in [9.17, 15) is 14.0 Å². The molecule has 0 atom stereocenters. The molecular formula is C19H18FNO4. The zero-order valence-corrected chi connectivity index (χ0v) is 13.6. The van der Waals surface area contributed by atoms with Crippen LogP contribution in [0.25, 0.3) is 0 Å². The Morgan fingerprint density at radius 1 is 1.00 bits per heavy atom. The highest BCUT2D eigenvalue weighted by Crippen LogP contribution is 2.31. The maximum absolute atomic E-state index is 13.1. The number of ether oxygens (including phenoxy) is 2. The third-order valence-corrected chi connectivity index (χ3v) is 3.78. The predicted octanol–water partition coefficient (Wildman–Crippen LogP) is 3.59. The van der Waals surface area contributed by atoms with Gasteiger partial charge in [0.2, 0.25) is 5.91 Å². The second-order valence-electron chi connectivity index (χ2n) is 5.69. The molecule has 1 aliphatic heterocycles. The third kappa shape index (κ3) is 4.56. The summed E-state index contributed by atoms with van der Waals surface area (Å²) in [6.45, 7) is 0.964. The number of halogens is 1. The van der Waals surface area contributed by atoms with Crippen molar-refractivity contribution in [3.63, 3.8) is 0 Å². The highest BCUT2D eigenvalue weighted by molar-refractivity contribution is 5.97. The van der Waals surface area contributed by atoms with Gasteiger partial charge in [0.05, 0.1) is 0 Å². The van der Waals surface area contributed by atoms with Crippen molar-refractivity contribution in [3.8, 4) is 11.5 Å². The lowest BCUT2D eigenvalue weighted by Crippen LogP contribution is -2.16. The van der Waals surface area contributed by atoms with Crippen molar-refractivity contribution in [3.05, 3.63) is 53.8 Å². The number of hydrogen-bond donors (Lipinski definition) is 1. The lowest BCUT2D eigenvalue weighted by atomic mass is 10.0. The van der Waals surface area contributed by atoms with Crippen molar-refractivity contribution < 1.29 is 23.5 Å². The Morgan fingerprint density at radius 3 is 2.60 bits per heavy atom. The minimum Gasteiger partial charge on any atom is -0.486 e. The van der Waals surface area contributed by atoms with Gasteiger partial charge in [0.15, 0.2) is 17.3 Å². The number of carbonyl (C=O) groups excluding carboxylic acids is 2. The summed E-state index contributed by atoms with van der Waals surface area (Å²) in [7, 11) is 0. The first-order valence-electron chi connectivity index (χ1n) is 8.10. The van der Waals surface area contributed by atoms with Gasteiger partial charge in [-0.1, -0.05) is 6.07 Å². The molecule has 1 N–H and O–H groups in total. The van der Waals surface area contributed by atoms with E-state index in [0.29, 0.717) is 42.4 Å². The lowest BCUT2D eigenvalue weighted by Gasteiger charge is -2.18. The van der Waals surface area contributed by atoms with E-state index >= 15 is 0 Å². The molecule has 0 aliphatic carbocycles. The SMILES string of the molecule is O=C(CCCC(=O)c1ccc2c(c1)OCCO2)Nc1cccc(F)c1. The van der Waals surface area contributed by atoms with Gasteiger partial charge in [-0.05, 0) is 42.8 Å². The van der Waals surface area contributed by atoms with Gasteiger partial charge in [0, 0.05) is 24.1 Å². The fraction of sp³-hybridized carbons (Fsp3) is 0.263. The van der Waals surface area contributed by atoms with Crippen LogP contribution in [0.2, 0.25) is 0 Å². The van der Waals surface area contributed by atoms with E-state index in [1.54, 1.807) is 24.3 Å². The van der Waals surface area contributed by atoms with Crippen molar-refractivity contribution in [2.75, 3.05) is 18.5 Å². The molecule has 6 heteroatoms. The quantitative estimate of drug-likeness (QED) is 0.814. The van der Waals surface area contributed by atoms with E-state index in [2.05, 4.69) is 5.32 Å². The molecule has 2 aromatic rings. The summed E-state index contributed by atoms with van der Waals surface area (Å²) in [5.74, 6) is 0.487. The topological polar surface area (TPSA) is 64.6 Å². The van der Waals surface area contributed by atoms with Gasteiger partial charge >= 0.3 is 0 Å². The van der Waals surface area contributed by atoms with Gasteiger partial charge in [0.25, 0.3) is 0 Å². The highest BCUT2D eigenvalue weighted by Gasteiger charge is 2.15. The summed E-state index contributed by atoms with van der Waals surface area (Å²) < 4.78 is 23.9. The first-order chi connectivity index (χ1) is 12.1. The van der Waals surface area contributed by atoms with Crippen LogP contribution >= 0.6 is 0 Å². The van der Waals surface area contributed by atoms with Crippen LogP contribution < -0.4 is 14.8 Å². The van der Waals surface area contributed by atoms with Crippen molar-refractivity contribution in [2.45, 2.75) is 19.3 Å². The Hall–Kier alpha value is -2.89. The molecule has 0 spiro atoms. The molecule has 2 aromatic carbocycles. The van der Waals surface area contributed by atoms with Crippen molar-refractivity contribution in [1.82, 2.24) is 0 Å². The van der Waals surface area contributed by atoms with E-state index in [-0.39, 0.29) is 24.5 Å². The van der Waals surface area contributed by atoms with E-state index in [0.717, 1.165) is 0 Å². The number of Topliss-reactive ketones (excluding diaryl/α,β-unsaturated/α-hetero) is 1. The van der Waals surface area contributed by atoms with Gasteiger partial charge in [-0.3, -0.25) is 9.59 Å². The molecule has 1 heterocycles. The molecule has 0 bridgehead atoms. The van der Waals surface area contributed by atoms with Crippen LogP contribution in [0, 0.1) is 5.82 Å². The van der Waals surface area contributed by atoms with Gasteiger partial charge in [-0.15, -0.1) is 0 Å². The number of ketones is 1. The first-order valence-corrected chi connectivity index (χ1v) is 8.10. The maximum atomic E-state index is 13.1. The van der Waals surface area contributed by atoms with Crippen LogP contribution in [-0.2, 0) is 4.79 Å². The van der Waals surface area contributed by atoms with E-state index in [4.69, 9.17) is 9.47 Å². The van der Waals surface area contributed by atoms with Crippen molar-refractivity contribution in [2.24, 2.45) is 0 Å². The minimum absolute atomic E-state index is 0.0597. The molecule has 0 unspecified atom stereocenters. The van der Waals surface area contributed by atoms with E-state index in [1.165, 1.54) is 18.2 Å². The molecule has 0 saturated heterocycles. The van der Waals surface area contributed by atoms with Gasteiger partial charge in [-0.2, -0.15) is 0 Å². The second-order valence-corrected chi connectivity index (χ2v) is 5.69. The number of nitrogens with one attached hydrogen (secondary N) is 1. The summed E-state index contributed by atoms with van der Waals surface area (Å²) in [4.78, 5) is 24.1. The molecule has 130 valence electrons. The van der Waals surface area contributed by atoms with E-state index in [1.807, 2.05) is 0 Å².